The number of rotatable bonds is 3. The molecule has 2 rings (SSSR count). The highest BCUT2D eigenvalue weighted by atomic mass is 79.9. The fraction of sp³-hybridized carbons (Fsp3) is 0.385. The number of benzene rings is 1. The van der Waals surface area contributed by atoms with E-state index in [1.807, 2.05) is 12.1 Å². The van der Waals surface area contributed by atoms with Crippen LogP contribution in [-0.4, -0.2) is 30.3 Å². The third-order valence-corrected chi connectivity index (χ3v) is 3.86. The minimum Gasteiger partial charge on any atom is -0.376 e. The molecule has 1 aromatic carbocycles. The number of hydrazine groups is 1. The quantitative estimate of drug-likeness (QED) is 0.568. The fourth-order valence-electron chi connectivity index (χ4n) is 1.88. The highest BCUT2D eigenvalue weighted by Crippen LogP contribution is 2.15. The lowest BCUT2D eigenvalue weighted by atomic mass is 10.2. The molecule has 1 aromatic rings. The van der Waals surface area contributed by atoms with Crippen LogP contribution in [-0.2, 0) is 4.74 Å². The molecular weight excluding hydrogens is 342 g/mol. The number of hydrogen-bond donors (Lipinski definition) is 3. The highest BCUT2D eigenvalue weighted by molar-refractivity contribution is 9.10. The predicted molar refractivity (Wildman–Crippen MR) is 84.3 cm³/mol. The summed E-state index contributed by atoms with van der Waals surface area (Å²) in [6, 6.07) is 7.18. The van der Waals surface area contributed by atoms with Crippen LogP contribution in [0.2, 0.25) is 0 Å². The Kier molecular flexibility index (Phi) is 5.75. The minimum absolute atomic E-state index is 0.203. The second kappa shape index (κ2) is 7.56. The number of carbonyl (C=O) groups is 1. The Balaban J connectivity index is 1.72. The van der Waals surface area contributed by atoms with Gasteiger partial charge in [-0.3, -0.25) is 15.6 Å². The van der Waals surface area contributed by atoms with Gasteiger partial charge in [-0.1, -0.05) is 12.1 Å². The fourth-order valence-corrected chi connectivity index (χ4v) is 2.48. The van der Waals surface area contributed by atoms with Gasteiger partial charge in [-0.15, -0.1) is 0 Å². The van der Waals surface area contributed by atoms with Gasteiger partial charge >= 0.3 is 0 Å². The summed E-state index contributed by atoms with van der Waals surface area (Å²) in [5.74, 6) is -0.251. The summed E-state index contributed by atoms with van der Waals surface area (Å²) in [4.78, 5) is 11.9. The van der Waals surface area contributed by atoms with Crippen molar-refractivity contribution in [3.05, 3.63) is 34.3 Å². The van der Waals surface area contributed by atoms with Crippen molar-refractivity contribution < 1.29 is 9.53 Å². The number of nitrogens with one attached hydrogen (secondary N) is 3. The van der Waals surface area contributed by atoms with E-state index in [2.05, 4.69) is 32.1 Å². The van der Waals surface area contributed by atoms with E-state index in [0.29, 0.717) is 17.2 Å². The normalized spacial score (nSPS) is 17.6. The van der Waals surface area contributed by atoms with Crippen LogP contribution in [0.25, 0.3) is 0 Å². The van der Waals surface area contributed by atoms with Gasteiger partial charge < -0.3 is 10.1 Å². The first-order chi connectivity index (χ1) is 9.66. The molecule has 1 saturated heterocycles. The lowest BCUT2D eigenvalue weighted by molar-refractivity contribution is 0.0942. The molecule has 108 valence electrons. The number of thiocarbonyl (C=S) groups is 1. The lowest BCUT2D eigenvalue weighted by Crippen LogP contribution is -2.48. The molecule has 7 heteroatoms. The molecule has 0 aliphatic carbocycles. The standard InChI is InChI=1S/C13H16BrN3O2S/c14-11-6-2-1-5-10(11)12(18)16-17-13(20)15-8-9-4-3-7-19-9/h1-2,5-6,9H,3-4,7-8H2,(H,16,18)(H2,15,17,20)/t9-/m1/s1. The van der Waals surface area contributed by atoms with Crippen LogP contribution in [0.4, 0.5) is 0 Å². The second-order valence-corrected chi connectivity index (χ2v) is 5.67. The Morgan fingerprint density at radius 1 is 1.40 bits per heavy atom. The summed E-state index contributed by atoms with van der Waals surface area (Å²) >= 11 is 8.41. The van der Waals surface area contributed by atoms with Gasteiger partial charge in [0.2, 0.25) is 0 Å². The smallest absolute Gasteiger partial charge is 0.270 e. The number of amides is 1. The molecule has 0 aromatic heterocycles. The SMILES string of the molecule is O=C(NNC(=S)NC[C@H]1CCCO1)c1ccccc1Br. The lowest BCUT2D eigenvalue weighted by Gasteiger charge is -2.14. The topological polar surface area (TPSA) is 62.4 Å². The van der Waals surface area contributed by atoms with E-state index in [9.17, 15) is 4.79 Å². The first-order valence-electron chi connectivity index (χ1n) is 6.37. The molecule has 1 amide bonds. The van der Waals surface area contributed by atoms with Crippen molar-refractivity contribution in [2.75, 3.05) is 13.2 Å². The van der Waals surface area contributed by atoms with Crippen LogP contribution in [0.15, 0.2) is 28.7 Å². The average molecular weight is 358 g/mol. The van der Waals surface area contributed by atoms with Crippen LogP contribution in [0.5, 0.6) is 0 Å². The number of hydrogen-bond acceptors (Lipinski definition) is 3. The summed E-state index contributed by atoms with van der Waals surface area (Å²) < 4.78 is 6.20. The van der Waals surface area contributed by atoms with Crippen molar-refractivity contribution in [3.63, 3.8) is 0 Å². The van der Waals surface area contributed by atoms with Gasteiger partial charge in [0.25, 0.3) is 5.91 Å². The van der Waals surface area contributed by atoms with Gasteiger partial charge in [0.05, 0.1) is 11.7 Å². The molecule has 1 aliphatic heterocycles. The Morgan fingerprint density at radius 3 is 2.90 bits per heavy atom. The van der Waals surface area contributed by atoms with Crippen molar-refractivity contribution in [2.45, 2.75) is 18.9 Å². The summed E-state index contributed by atoms with van der Waals surface area (Å²) in [7, 11) is 0. The van der Waals surface area contributed by atoms with E-state index in [1.54, 1.807) is 12.1 Å². The molecular formula is C13H16BrN3O2S. The largest absolute Gasteiger partial charge is 0.376 e. The van der Waals surface area contributed by atoms with E-state index in [1.165, 1.54) is 0 Å². The Hall–Kier alpha value is -1.18. The van der Waals surface area contributed by atoms with Crippen molar-refractivity contribution in [1.29, 1.82) is 0 Å². The zero-order valence-corrected chi connectivity index (χ0v) is 13.2. The highest BCUT2D eigenvalue weighted by Gasteiger charge is 2.15. The summed E-state index contributed by atoms with van der Waals surface area (Å²) in [6.45, 7) is 1.46. The van der Waals surface area contributed by atoms with Crippen LogP contribution in [0.1, 0.15) is 23.2 Å². The summed E-state index contributed by atoms with van der Waals surface area (Å²) in [5, 5.41) is 3.39. The predicted octanol–water partition coefficient (Wildman–Crippen LogP) is 1.74. The first-order valence-corrected chi connectivity index (χ1v) is 7.57. The van der Waals surface area contributed by atoms with Crippen LogP contribution in [0.3, 0.4) is 0 Å². The zero-order chi connectivity index (χ0) is 14.4. The van der Waals surface area contributed by atoms with Gasteiger partial charge in [-0.05, 0) is 53.1 Å². The van der Waals surface area contributed by atoms with E-state index >= 15 is 0 Å². The number of ether oxygens (including phenoxy) is 1. The van der Waals surface area contributed by atoms with E-state index in [-0.39, 0.29) is 12.0 Å². The van der Waals surface area contributed by atoms with E-state index in [0.717, 1.165) is 23.9 Å². The molecule has 0 bridgehead atoms. The molecule has 0 unspecified atom stereocenters. The van der Waals surface area contributed by atoms with Crippen molar-refractivity contribution in [2.24, 2.45) is 0 Å². The van der Waals surface area contributed by atoms with Crippen LogP contribution < -0.4 is 16.2 Å². The maximum atomic E-state index is 11.9. The summed E-state index contributed by atoms with van der Waals surface area (Å²) in [5.41, 5.74) is 5.77. The van der Waals surface area contributed by atoms with E-state index < -0.39 is 0 Å². The second-order valence-electron chi connectivity index (χ2n) is 4.40. The monoisotopic (exact) mass is 357 g/mol. The maximum Gasteiger partial charge on any atom is 0.270 e. The Morgan fingerprint density at radius 2 is 2.20 bits per heavy atom. The number of halogens is 1. The minimum atomic E-state index is -0.251. The zero-order valence-electron chi connectivity index (χ0n) is 10.8. The average Bonchev–Trinajstić information content (AvgIpc) is 2.96. The Labute approximate surface area is 131 Å². The third kappa shape index (κ3) is 4.43. The molecule has 3 N–H and O–H groups in total. The maximum absolute atomic E-state index is 11.9. The van der Waals surface area contributed by atoms with Crippen LogP contribution >= 0.6 is 28.1 Å². The molecule has 1 fully saturated rings. The molecule has 0 saturated carbocycles. The molecule has 1 atom stereocenters. The van der Waals surface area contributed by atoms with Crippen LogP contribution in [0, 0.1) is 0 Å². The first kappa shape index (κ1) is 15.2. The molecule has 1 aliphatic rings. The van der Waals surface area contributed by atoms with Crippen molar-refractivity contribution in [3.8, 4) is 0 Å². The van der Waals surface area contributed by atoms with Gasteiger partial charge in [-0.25, -0.2) is 0 Å². The molecule has 5 nitrogen and oxygen atoms in total. The molecule has 1 heterocycles. The van der Waals surface area contributed by atoms with Gasteiger partial charge in [0, 0.05) is 17.6 Å². The number of carbonyl (C=O) groups excluding carboxylic acids is 1. The summed E-state index contributed by atoms with van der Waals surface area (Å²) in [6.07, 6.45) is 2.33. The third-order valence-electron chi connectivity index (χ3n) is 2.92. The Bertz CT molecular complexity index is 492. The van der Waals surface area contributed by atoms with Gasteiger partial charge in [0.1, 0.15) is 0 Å². The molecule has 0 radical (unpaired) electrons. The molecule has 0 spiro atoms. The molecule has 20 heavy (non-hydrogen) atoms. The van der Waals surface area contributed by atoms with Gasteiger partial charge in [-0.2, -0.15) is 0 Å². The van der Waals surface area contributed by atoms with Crippen molar-refractivity contribution in [1.82, 2.24) is 16.2 Å². The van der Waals surface area contributed by atoms with Gasteiger partial charge in [0.15, 0.2) is 5.11 Å². The van der Waals surface area contributed by atoms with Crippen molar-refractivity contribution >= 4 is 39.2 Å². The van der Waals surface area contributed by atoms with E-state index in [4.69, 9.17) is 17.0 Å².